The summed E-state index contributed by atoms with van der Waals surface area (Å²) in [6.07, 6.45) is 0.946. The summed E-state index contributed by atoms with van der Waals surface area (Å²) < 4.78 is 16.9. The topological polar surface area (TPSA) is 68.3 Å². The Morgan fingerprint density at radius 2 is 1.96 bits per heavy atom. The van der Waals surface area contributed by atoms with E-state index in [2.05, 4.69) is 0 Å². The Morgan fingerprint density at radius 1 is 1.25 bits per heavy atom. The van der Waals surface area contributed by atoms with Gasteiger partial charge in [-0.25, -0.2) is 4.79 Å². The molecule has 2 aliphatic heterocycles. The second-order valence-electron chi connectivity index (χ2n) is 8.52. The first kappa shape index (κ1) is 20.3. The maximum atomic E-state index is 12.8. The van der Waals surface area contributed by atoms with E-state index in [9.17, 15) is 9.59 Å². The van der Waals surface area contributed by atoms with E-state index in [-0.39, 0.29) is 24.5 Å². The number of benzene rings is 1. The highest BCUT2D eigenvalue weighted by Crippen LogP contribution is 2.31. The lowest BCUT2D eigenvalue weighted by atomic mass is 9.97. The molecule has 0 radical (unpaired) electrons. The molecular formula is C21H30N2O5. The fourth-order valence-corrected chi connectivity index (χ4v) is 3.57. The van der Waals surface area contributed by atoms with Crippen molar-refractivity contribution >= 4 is 12.0 Å². The smallest absolute Gasteiger partial charge is 0.410 e. The van der Waals surface area contributed by atoms with Gasteiger partial charge in [-0.15, -0.1) is 0 Å². The average molecular weight is 390 g/mol. The lowest BCUT2D eigenvalue weighted by molar-refractivity contribution is -0.140. The summed E-state index contributed by atoms with van der Waals surface area (Å²) in [6, 6.07) is 7.35. The van der Waals surface area contributed by atoms with E-state index >= 15 is 0 Å². The van der Waals surface area contributed by atoms with E-state index < -0.39 is 11.7 Å². The van der Waals surface area contributed by atoms with Crippen LogP contribution in [0.15, 0.2) is 24.3 Å². The van der Waals surface area contributed by atoms with Crippen molar-refractivity contribution in [3.05, 3.63) is 24.3 Å². The fraction of sp³-hybridized carbons (Fsp3) is 0.619. The van der Waals surface area contributed by atoms with Crippen molar-refractivity contribution in [2.45, 2.75) is 45.3 Å². The number of hydrogen-bond donors (Lipinski definition) is 0. The number of likely N-dealkylation sites (N-methyl/N-ethyl adjacent to an activating group) is 1. The van der Waals surface area contributed by atoms with Crippen LogP contribution in [0.1, 0.15) is 33.6 Å². The van der Waals surface area contributed by atoms with E-state index in [0.717, 1.165) is 12.8 Å². The second-order valence-corrected chi connectivity index (χ2v) is 8.52. The average Bonchev–Trinajstić information content (AvgIpc) is 2.66. The quantitative estimate of drug-likeness (QED) is 0.794. The Kier molecular flexibility index (Phi) is 6.01. The van der Waals surface area contributed by atoms with Crippen LogP contribution in [0.5, 0.6) is 11.5 Å². The molecule has 3 rings (SSSR count). The number of fused-ring (bicyclic) bond motifs is 1. The minimum atomic E-state index is -0.648. The van der Waals surface area contributed by atoms with Gasteiger partial charge in [0.15, 0.2) is 11.5 Å². The molecule has 0 N–H and O–H groups in total. The number of hydrogen-bond acceptors (Lipinski definition) is 5. The molecule has 1 aromatic rings. The van der Waals surface area contributed by atoms with Crippen LogP contribution in [-0.4, -0.2) is 66.8 Å². The zero-order valence-corrected chi connectivity index (χ0v) is 17.1. The molecule has 2 aliphatic rings. The van der Waals surface area contributed by atoms with Gasteiger partial charge < -0.3 is 24.0 Å². The summed E-state index contributed by atoms with van der Waals surface area (Å²) in [7, 11) is 1.78. The maximum absolute atomic E-state index is 12.8. The van der Waals surface area contributed by atoms with E-state index in [0.29, 0.717) is 31.1 Å². The largest absolute Gasteiger partial charge is 0.485 e. The molecule has 0 unspecified atom stereocenters. The summed E-state index contributed by atoms with van der Waals surface area (Å²) in [6.45, 7) is 7.65. The summed E-state index contributed by atoms with van der Waals surface area (Å²) in [5.74, 6) is 1.36. The van der Waals surface area contributed by atoms with Crippen molar-refractivity contribution in [3.63, 3.8) is 0 Å². The number of amides is 2. The van der Waals surface area contributed by atoms with Gasteiger partial charge in [0.05, 0.1) is 0 Å². The number of carbonyl (C=O) groups is 2. The molecule has 0 saturated carbocycles. The predicted molar refractivity (Wildman–Crippen MR) is 105 cm³/mol. The summed E-state index contributed by atoms with van der Waals surface area (Å²) >= 11 is 0. The molecular weight excluding hydrogens is 360 g/mol. The molecule has 7 heteroatoms. The van der Waals surface area contributed by atoms with Gasteiger partial charge in [-0.3, -0.25) is 4.79 Å². The standard InChI is InChI=1S/C21H30N2O5/c1-21(2,3)28-20(25)23-11-7-8-15(13-23)12-22(4)19(24)18-14-26-16-9-5-6-10-17(16)27-18/h5-6,9-10,15,18H,7-8,11-14H2,1-4H3/t15-,18-/m0/s1. The van der Waals surface area contributed by atoms with E-state index in [1.165, 1.54) is 0 Å². The van der Waals surface area contributed by atoms with Gasteiger partial charge in [0, 0.05) is 26.7 Å². The maximum Gasteiger partial charge on any atom is 0.410 e. The zero-order valence-electron chi connectivity index (χ0n) is 17.1. The first-order valence-electron chi connectivity index (χ1n) is 9.84. The van der Waals surface area contributed by atoms with E-state index in [4.69, 9.17) is 14.2 Å². The third-order valence-corrected chi connectivity index (χ3v) is 4.86. The van der Waals surface area contributed by atoms with Crippen molar-refractivity contribution in [2.75, 3.05) is 33.3 Å². The van der Waals surface area contributed by atoms with Crippen LogP contribution in [0.25, 0.3) is 0 Å². The number of ether oxygens (including phenoxy) is 3. The highest BCUT2D eigenvalue weighted by molar-refractivity contribution is 5.81. The third-order valence-electron chi connectivity index (χ3n) is 4.86. The Hall–Kier alpha value is -2.44. The Morgan fingerprint density at radius 3 is 2.68 bits per heavy atom. The Labute approximate surface area is 166 Å². The molecule has 28 heavy (non-hydrogen) atoms. The van der Waals surface area contributed by atoms with Crippen LogP contribution in [0, 0.1) is 5.92 Å². The number of nitrogens with zero attached hydrogens (tertiary/aromatic N) is 2. The normalized spacial score (nSPS) is 21.8. The molecule has 2 heterocycles. The molecule has 2 atom stereocenters. The molecule has 0 bridgehead atoms. The molecule has 1 fully saturated rings. The third kappa shape index (κ3) is 5.09. The van der Waals surface area contributed by atoms with Gasteiger partial charge in [0.1, 0.15) is 12.2 Å². The van der Waals surface area contributed by atoms with Gasteiger partial charge in [-0.2, -0.15) is 0 Å². The van der Waals surface area contributed by atoms with Crippen LogP contribution in [-0.2, 0) is 9.53 Å². The minimum absolute atomic E-state index is 0.108. The number of piperidine rings is 1. The summed E-state index contributed by atoms with van der Waals surface area (Å²) in [4.78, 5) is 28.6. The number of likely N-dealkylation sites (tertiary alicyclic amines) is 1. The predicted octanol–water partition coefficient (Wildman–Crippen LogP) is 2.93. The lowest BCUT2D eigenvalue weighted by Crippen LogP contribution is -2.49. The Bertz CT molecular complexity index is 715. The molecule has 1 saturated heterocycles. The van der Waals surface area contributed by atoms with Crippen molar-refractivity contribution in [1.82, 2.24) is 9.80 Å². The number of para-hydroxylation sites is 2. The second kappa shape index (κ2) is 8.29. The van der Waals surface area contributed by atoms with Crippen molar-refractivity contribution in [2.24, 2.45) is 5.92 Å². The van der Waals surface area contributed by atoms with Gasteiger partial charge in [0.2, 0.25) is 6.10 Å². The van der Waals surface area contributed by atoms with Crippen LogP contribution in [0.4, 0.5) is 4.79 Å². The molecule has 2 amide bonds. The Balaban J connectivity index is 1.53. The molecule has 1 aromatic carbocycles. The van der Waals surface area contributed by atoms with Crippen LogP contribution in [0.2, 0.25) is 0 Å². The zero-order chi connectivity index (χ0) is 20.3. The highest BCUT2D eigenvalue weighted by Gasteiger charge is 2.33. The molecule has 0 aliphatic carbocycles. The van der Waals surface area contributed by atoms with Crippen LogP contribution < -0.4 is 9.47 Å². The van der Waals surface area contributed by atoms with E-state index in [1.807, 2.05) is 39.0 Å². The SMILES string of the molecule is CN(C[C@@H]1CCCN(C(=O)OC(C)(C)C)C1)C(=O)[C@@H]1COc2ccccc2O1. The monoisotopic (exact) mass is 390 g/mol. The minimum Gasteiger partial charge on any atom is -0.485 e. The van der Waals surface area contributed by atoms with Crippen LogP contribution >= 0.6 is 0 Å². The fourth-order valence-electron chi connectivity index (χ4n) is 3.57. The van der Waals surface area contributed by atoms with Crippen molar-refractivity contribution < 1.29 is 23.8 Å². The molecule has 0 spiro atoms. The summed E-state index contributed by atoms with van der Waals surface area (Å²) in [5.41, 5.74) is -0.509. The first-order chi connectivity index (χ1) is 13.2. The van der Waals surface area contributed by atoms with Gasteiger partial charge >= 0.3 is 6.09 Å². The van der Waals surface area contributed by atoms with Crippen molar-refractivity contribution in [1.29, 1.82) is 0 Å². The molecule has 7 nitrogen and oxygen atoms in total. The van der Waals surface area contributed by atoms with Crippen molar-refractivity contribution in [3.8, 4) is 11.5 Å². The number of rotatable bonds is 3. The van der Waals surface area contributed by atoms with Crippen LogP contribution in [0.3, 0.4) is 0 Å². The first-order valence-corrected chi connectivity index (χ1v) is 9.84. The highest BCUT2D eigenvalue weighted by atomic mass is 16.6. The summed E-state index contributed by atoms with van der Waals surface area (Å²) in [5, 5.41) is 0. The number of carbonyl (C=O) groups excluding carboxylic acids is 2. The molecule has 0 aromatic heterocycles. The van der Waals surface area contributed by atoms with Gasteiger partial charge in [0.25, 0.3) is 5.91 Å². The van der Waals surface area contributed by atoms with E-state index in [1.54, 1.807) is 22.9 Å². The van der Waals surface area contributed by atoms with Gasteiger partial charge in [-0.1, -0.05) is 12.1 Å². The lowest BCUT2D eigenvalue weighted by Gasteiger charge is -2.36. The molecule has 154 valence electrons. The van der Waals surface area contributed by atoms with Gasteiger partial charge in [-0.05, 0) is 51.7 Å².